The SMILES string of the molecule is CN1C[C@H](NC(=O)c2cnc(C34CC5CC(CC(C5)C3)C4)[nH]c2=O)CCC1=O. The lowest BCUT2D eigenvalue weighted by atomic mass is 9.49. The van der Waals surface area contributed by atoms with E-state index in [4.69, 9.17) is 0 Å². The Kier molecular flexibility index (Phi) is 4.10. The van der Waals surface area contributed by atoms with Gasteiger partial charge in [-0.25, -0.2) is 4.98 Å². The van der Waals surface area contributed by atoms with E-state index in [1.54, 1.807) is 11.9 Å². The number of likely N-dealkylation sites (tertiary alicyclic amines) is 1. The van der Waals surface area contributed by atoms with Gasteiger partial charge >= 0.3 is 0 Å². The fraction of sp³-hybridized carbons (Fsp3) is 0.714. The van der Waals surface area contributed by atoms with Crippen LogP contribution < -0.4 is 10.9 Å². The molecule has 0 radical (unpaired) electrons. The summed E-state index contributed by atoms with van der Waals surface area (Å²) in [5.74, 6) is 2.78. The lowest BCUT2D eigenvalue weighted by molar-refractivity contribution is -0.132. The molecule has 2 N–H and O–H groups in total. The molecule has 1 aliphatic heterocycles. The minimum Gasteiger partial charge on any atom is -0.347 e. The van der Waals surface area contributed by atoms with Gasteiger partial charge < -0.3 is 15.2 Å². The molecule has 5 aliphatic rings. The van der Waals surface area contributed by atoms with Crippen LogP contribution in [0.15, 0.2) is 11.0 Å². The molecule has 5 fully saturated rings. The molecule has 7 nitrogen and oxygen atoms in total. The number of likely N-dealkylation sites (N-methyl/N-ethyl adjacent to an activating group) is 1. The van der Waals surface area contributed by atoms with Crippen LogP contribution in [0.25, 0.3) is 0 Å². The average molecular weight is 384 g/mol. The number of piperidine rings is 1. The van der Waals surface area contributed by atoms with Crippen LogP contribution >= 0.6 is 0 Å². The number of aromatic nitrogens is 2. The monoisotopic (exact) mass is 384 g/mol. The first-order valence-corrected chi connectivity index (χ1v) is 10.6. The van der Waals surface area contributed by atoms with Crippen LogP contribution in [0.2, 0.25) is 0 Å². The van der Waals surface area contributed by atoms with Gasteiger partial charge in [0.05, 0.1) is 0 Å². The van der Waals surface area contributed by atoms with Gasteiger partial charge in [0.15, 0.2) is 0 Å². The van der Waals surface area contributed by atoms with Crippen molar-refractivity contribution in [3.8, 4) is 0 Å². The maximum Gasteiger partial charge on any atom is 0.263 e. The first-order chi connectivity index (χ1) is 13.4. The average Bonchev–Trinajstić information content (AvgIpc) is 2.63. The predicted octanol–water partition coefficient (Wildman–Crippen LogP) is 1.59. The number of carbonyl (C=O) groups is 2. The molecule has 0 spiro atoms. The zero-order valence-electron chi connectivity index (χ0n) is 16.4. The van der Waals surface area contributed by atoms with E-state index in [2.05, 4.69) is 15.3 Å². The Morgan fingerprint density at radius 2 is 1.82 bits per heavy atom. The topological polar surface area (TPSA) is 95.2 Å². The first kappa shape index (κ1) is 17.9. The number of rotatable bonds is 3. The highest BCUT2D eigenvalue weighted by molar-refractivity contribution is 5.93. The Hall–Kier alpha value is -2.18. The molecular weight excluding hydrogens is 356 g/mol. The summed E-state index contributed by atoms with van der Waals surface area (Å²) in [6.45, 7) is 0.473. The van der Waals surface area contributed by atoms with Gasteiger partial charge in [0, 0.05) is 37.7 Å². The quantitative estimate of drug-likeness (QED) is 0.827. The summed E-state index contributed by atoms with van der Waals surface area (Å²) >= 11 is 0. The van der Waals surface area contributed by atoms with Crippen molar-refractivity contribution in [3.63, 3.8) is 0 Å². The molecule has 1 atom stereocenters. The Morgan fingerprint density at radius 1 is 1.18 bits per heavy atom. The van der Waals surface area contributed by atoms with Gasteiger partial charge in [-0.3, -0.25) is 14.4 Å². The molecule has 2 amide bonds. The highest BCUT2D eigenvalue weighted by atomic mass is 16.2. The van der Waals surface area contributed by atoms with E-state index in [1.165, 1.54) is 25.5 Å². The number of amides is 2. The first-order valence-electron chi connectivity index (χ1n) is 10.6. The normalized spacial score (nSPS) is 36.6. The van der Waals surface area contributed by atoms with E-state index in [0.717, 1.165) is 42.8 Å². The summed E-state index contributed by atoms with van der Waals surface area (Å²) in [5.41, 5.74) is -0.276. The third kappa shape index (κ3) is 2.95. The van der Waals surface area contributed by atoms with Gasteiger partial charge in [-0.15, -0.1) is 0 Å². The summed E-state index contributed by atoms with van der Waals surface area (Å²) in [5, 5.41) is 2.89. The summed E-state index contributed by atoms with van der Waals surface area (Å²) < 4.78 is 0. The number of hydrogen-bond donors (Lipinski definition) is 2. The minimum absolute atomic E-state index is 0.00929. The van der Waals surface area contributed by atoms with Gasteiger partial charge in [0.2, 0.25) is 5.91 Å². The van der Waals surface area contributed by atoms with Crippen molar-refractivity contribution in [2.24, 2.45) is 17.8 Å². The van der Waals surface area contributed by atoms with E-state index >= 15 is 0 Å². The molecule has 6 rings (SSSR count). The highest BCUT2D eigenvalue weighted by Crippen LogP contribution is 2.59. The highest BCUT2D eigenvalue weighted by Gasteiger charge is 2.53. The van der Waals surface area contributed by atoms with Crippen molar-refractivity contribution >= 4 is 11.8 Å². The lowest BCUT2D eigenvalue weighted by Gasteiger charge is -2.56. The molecule has 1 saturated heterocycles. The number of nitrogens with one attached hydrogen (secondary N) is 2. The third-order valence-electron chi connectivity index (χ3n) is 7.55. The Balaban J connectivity index is 1.34. The standard InChI is InChI=1S/C21H28N4O3/c1-25-11-15(2-3-17(25)26)23-18(27)16-10-22-20(24-19(16)28)21-7-12-4-13(8-21)6-14(5-12)9-21/h10,12-15H,2-9,11H2,1H3,(H,23,27)(H,22,24,28)/t12?,13?,14?,15-,21?/m1/s1. The predicted molar refractivity (Wildman–Crippen MR) is 103 cm³/mol. The van der Waals surface area contributed by atoms with Crippen molar-refractivity contribution in [3.05, 3.63) is 27.9 Å². The number of nitrogens with zero attached hydrogens (tertiary/aromatic N) is 2. The maximum atomic E-state index is 12.7. The third-order valence-corrected chi connectivity index (χ3v) is 7.55. The number of carbonyl (C=O) groups excluding carboxylic acids is 2. The second-order valence-corrected chi connectivity index (χ2v) is 9.66. The molecule has 2 heterocycles. The maximum absolute atomic E-state index is 12.7. The van der Waals surface area contributed by atoms with Crippen molar-refractivity contribution in [2.45, 2.75) is 62.8 Å². The summed E-state index contributed by atoms with van der Waals surface area (Å²) in [6.07, 6.45) is 9.85. The number of H-pyrrole nitrogens is 1. The fourth-order valence-corrected chi connectivity index (χ4v) is 6.62. The van der Waals surface area contributed by atoms with Crippen molar-refractivity contribution in [1.82, 2.24) is 20.2 Å². The second-order valence-electron chi connectivity index (χ2n) is 9.66. The van der Waals surface area contributed by atoms with Crippen molar-refractivity contribution in [1.29, 1.82) is 0 Å². The van der Waals surface area contributed by atoms with Gasteiger partial charge in [0.25, 0.3) is 11.5 Å². The van der Waals surface area contributed by atoms with E-state index in [0.29, 0.717) is 19.4 Å². The van der Waals surface area contributed by atoms with Crippen LogP contribution in [-0.4, -0.2) is 46.3 Å². The van der Waals surface area contributed by atoms with Crippen LogP contribution in [-0.2, 0) is 10.2 Å². The lowest BCUT2D eigenvalue weighted by Crippen LogP contribution is -2.50. The van der Waals surface area contributed by atoms with E-state index < -0.39 is 5.91 Å². The molecule has 0 aromatic carbocycles. The van der Waals surface area contributed by atoms with E-state index in [1.807, 2.05) is 0 Å². The van der Waals surface area contributed by atoms with Gasteiger partial charge in [-0.05, 0) is 62.7 Å². The molecule has 0 unspecified atom stereocenters. The number of aromatic amines is 1. The molecule has 28 heavy (non-hydrogen) atoms. The van der Waals surface area contributed by atoms with Gasteiger partial charge in [-0.1, -0.05) is 0 Å². The minimum atomic E-state index is -0.404. The summed E-state index contributed by atoms with van der Waals surface area (Å²) in [4.78, 5) is 46.1. The zero-order valence-corrected chi connectivity index (χ0v) is 16.4. The molecule has 4 aliphatic carbocycles. The van der Waals surface area contributed by atoms with Crippen LogP contribution in [0.4, 0.5) is 0 Å². The molecule has 7 heteroatoms. The van der Waals surface area contributed by atoms with Gasteiger partial charge in [0.1, 0.15) is 11.4 Å². The smallest absolute Gasteiger partial charge is 0.263 e. The van der Waals surface area contributed by atoms with Crippen LogP contribution in [0, 0.1) is 17.8 Å². The van der Waals surface area contributed by atoms with E-state index in [-0.39, 0.29) is 28.5 Å². The van der Waals surface area contributed by atoms with Crippen LogP contribution in [0.1, 0.15) is 67.5 Å². The Bertz CT molecular complexity index is 841. The van der Waals surface area contributed by atoms with E-state index in [9.17, 15) is 14.4 Å². The summed E-state index contributed by atoms with van der Waals surface area (Å²) in [7, 11) is 1.73. The molecule has 1 aromatic heterocycles. The van der Waals surface area contributed by atoms with Crippen molar-refractivity contribution < 1.29 is 9.59 Å². The Labute approximate surface area is 164 Å². The largest absolute Gasteiger partial charge is 0.347 e. The zero-order chi connectivity index (χ0) is 19.5. The molecule has 4 saturated carbocycles. The summed E-state index contributed by atoms with van der Waals surface area (Å²) in [6, 6.07) is -0.127. The Morgan fingerprint density at radius 3 is 2.39 bits per heavy atom. The van der Waals surface area contributed by atoms with Crippen molar-refractivity contribution in [2.75, 3.05) is 13.6 Å². The van der Waals surface area contributed by atoms with Crippen LogP contribution in [0.3, 0.4) is 0 Å². The fourth-order valence-electron chi connectivity index (χ4n) is 6.62. The molecular formula is C21H28N4O3. The van der Waals surface area contributed by atoms with Gasteiger partial charge in [-0.2, -0.15) is 0 Å². The molecule has 150 valence electrons. The molecule has 4 bridgehead atoms. The molecule has 1 aromatic rings. The second kappa shape index (κ2) is 6.42. The van der Waals surface area contributed by atoms with Crippen LogP contribution in [0.5, 0.6) is 0 Å². The number of hydrogen-bond acceptors (Lipinski definition) is 4.